The van der Waals surface area contributed by atoms with Gasteiger partial charge in [-0.15, -0.1) is 0 Å². The van der Waals surface area contributed by atoms with E-state index >= 15 is 0 Å². The summed E-state index contributed by atoms with van der Waals surface area (Å²) in [4.78, 5) is 19.4. The molecule has 4 rings (SSSR count). The minimum absolute atomic E-state index is 0.00389. The standard InChI is InChI=1S/C30H38N4O3/c35-23-21-33(22-24-36)28-13-11-27(12-14-28)31-29(37)15-16-32-17-19-34(20-18-32)30(25-7-3-1-4-8-25)26-9-5-2-6-10-26/h1-14,30,35-36H,15-24H2,(H,31,37). The maximum atomic E-state index is 12.6. The highest BCUT2D eigenvalue weighted by Crippen LogP contribution is 2.29. The fraction of sp³-hybridized carbons (Fsp3) is 0.367. The molecule has 3 aromatic rings. The van der Waals surface area contributed by atoms with Gasteiger partial charge in [-0.05, 0) is 35.4 Å². The molecule has 0 spiro atoms. The molecule has 7 nitrogen and oxygen atoms in total. The van der Waals surface area contributed by atoms with Crippen LogP contribution < -0.4 is 10.2 Å². The number of amides is 1. The summed E-state index contributed by atoms with van der Waals surface area (Å²) in [5.41, 5.74) is 4.27. The lowest BCUT2D eigenvalue weighted by molar-refractivity contribution is -0.116. The minimum atomic E-state index is 0.00389. The van der Waals surface area contributed by atoms with Crippen molar-refractivity contribution in [2.45, 2.75) is 12.5 Å². The molecule has 196 valence electrons. The number of hydrogen-bond donors (Lipinski definition) is 3. The molecule has 0 bridgehead atoms. The molecule has 1 aliphatic rings. The van der Waals surface area contributed by atoms with Gasteiger partial charge in [0.1, 0.15) is 0 Å². The summed E-state index contributed by atoms with van der Waals surface area (Å²) in [6.07, 6.45) is 0.448. The molecule has 1 heterocycles. The number of benzene rings is 3. The first-order valence-electron chi connectivity index (χ1n) is 13.1. The third kappa shape index (κ3) is 7.63. The molecule has 0 radical (unpaired) electrons. The fourth-order valence-electron chi connectivity index (χ4n) is 4.98. The molecule has 0 atom stereocenters. The Hall–Kier alpha value is -3.23. The first-order valence-corrected chi connectivity index (χ1v) is 13.1. The average molecular weight is 503 g/mol. The number of carbonyl (C=O) groups is 1. The number of anilines is 2. The fourth-order valence-corrected chi connectivity index (χ4v) is 4.98. The van der Waals surface area contributed by atoms with Gasteiger partial charge in [0, 0.05) is 63.6 Å². The largest absolute Gasteiger partial charge is 0.395 e. The van der Waals surface area contributed by atoms with Gasteiger partial charge in [-0.2, -0.15) is 0 Å². The summed E-state index contributed by atoms with van der Waals surface area (Å²) in [6, 6.07) is 29.1. The van der Waals surface area contributed by atoms with Crippen LogP contribution in [0.5, 0.6) is 0 Å². The molecule has 1 amide bonds. The first-order chi connectivity index (χ1) is 18.2. The van der Waals surface area contributed by atoms with Gasteiger partial charge in [0.05, 0.1) is 19.3 Å². The van der Waals surface area contributed by atoms with Crippen LogP contribution in [0, 0.1) is 0 Å². The van der Waals surface area contributed by atoms with E-state index in [1.165, 1.54) is 11.1 Å². The van der Waals surface area contributed by atoms with Crippen molar-refractivity contribution in [3.63, 3.8) is 0 Å². The van der Waals surface area contributed by atoms with Gasteiger partial charge in [-0.1, -0.05) is 60.7 Å². The van der Waals surface area contributed by atoms with Gasteiger partial charge in [0.15, 0.2) is 0 Å². The molecule has 3 N–H and O–H groups in total. The molecule has 7 heteroatoms. The maximum absolute atomic E-state index is 12.6. The summed E-state index contributed by atoms with van der Waals surface area (Å²) in [7, 11) is 0. The third-order valence-corrected chi connectivity index (χ3v) is 6.91. The Bertz CT molecular complexity index is 1030. The molecule has 1 fully saturated rings. The number of hydrogen-bond acceptors (Lipinski definition) is 6. The molecule has 0 aromatic heterocycles. The molecule has 3 aromatic carbocycles. The monoisotopic (exact) mass is 502 g/mol. The number of aliphatic hydroxyl groups is 2. The summed E-state index contributed by atoms with van der Waals surface area (Å²) in [6.45, 7) is 5.46. The lowest BCUT2D eigenvalue weighted by Crippen LogP contribution is -2.48. The Balaban J connectivity index is 1.26. The van der Waals surface area contributed by atoms with Crippen molar-refractivity contribution in [1.29, 1.82) is 0 Å². The van der Waals surface area contributed by atoms with Gasteiger partial charge in [0.25, 0.3) is 0 Å². The first kappa shape index (κ1) is 26.8. The zero-order chi connectivity index (χ0) is 25.9. The highest BCUT2D eigenvalue weighted by Gasteiger charge is 2.26. The van der Waals surface area contributed by atoms with Crippen LogP contribution >= 0.6 is 0 Å². The highest BCUT2D eigenvalue weighted by atomic mass is 16.3. The minimum Gasteiger partial charge on any atom is -0.395 e. The zero-order valence-electron chi connectivity index (χ0n) is 21.4. The summed E-state index contributed by atoms with van der Waals surface area (Å²) in [5, 5.41) is 21.4. The number of nitrogens with zero attached hydrogens (tertiary/aromatic N) is 3. The van der Waals surface area contributed by atoms with Gasteiger partial charge in [-0.25, -0.2) is 0 Å². The van der Waals surface area contributed by atoms with Crippen molar-refractivity contribution in [3.8, 4) is 0 Å². The Labute approximate surface area is 219 Å². The van der Waals surface area contributed by atoms with Gasteiger partial charge in [0.2, 0.25) is 5.91 Å². The van der Waals surface area contributed by atoms with Gasteiger partial charge < -0.3 is 25.3 Å². The number of aliphatic hydroxyl groups excluding tert-OH is 2. The SMILES string of the molecule is O=C(CCN1CCN(C(c2ccccc2)c2ccccc2)CC1)Nc1ccc(N(CCO)CCO)cc1. The van der Waals surface area contributed by atoms with Crippen molar-refractivity contribution in [3.05, 3.63) is 96.1 Å². The number of rotatable bonds is 12. The molecule has 0 saturated carbocycles. The Morgan fingerprint density at radius 1 is 0.784 bits per heavy atom. The van der Waals surface area contributed by atoms with Gasteiger partial charge in [-0.3, -0.25) is 9.69 Å². The predicted molar refractivity (Wildman–Crippen MR) is 149 cm³/mol. The van der Waals surface area contributed by atoms with E-state index in [9.17, 15) is 15.0 Å². The van der Waals surface area contributed by atoms with Crippen LogP contribution in [-0.2, 0) is 4.79 Å². The number of carbonyl (C=O) groups excluding carboxylic acids is 1. The Morgan fingerprint density at radius 3 is 1.84 bits per heavy atom. The quantitative estimate of drug-likeness (QED) is 0.353. The topological polar surface area (TPSA) is 79.3 Å². The van der Waals surface area contributed by atoms with E-state index in [0.717, 1.165) is 44.1 Å². The van der Waals surface area contributed by atoms with Crippen molar-refractivity contribution in [2.75, 3.05) is 69.2 Å². The van der Waals surface area contributed by atoms with E-state index in [2.05, 4.69) is 75.8 Å². The van der Waals surface area contributed by atoms with Crippen molar-refractivity contribution < 1.29 is 15.0 Å². The average Bonchev–Trinajstić information content (AvgIpc) is 2.94. The van der Waals surface area contributed by atoms with Crippen LogP contribution in [0.4, 0.5) is 11.4 Å². The van der Waals surface area contributed by atoms with Gasteiger partial charge >= 0.3 is 0 Å². The summed E-state index contributed by atoms with van der Waals surface area (Å²) < 4.78 is 0. The lowest BCUT2D eigenvalue weighted by atomic mass is 9.96. The van der Waals surface area contributed by atoms with Crippen LogP contribution in [0.3, 0.4) is 0 Å². The van der Waals surface area contributed by atoms with Crippen LogP contribution in [0.25, 0.3) is 0 Å². The number of piperazine rings is 1. The summed E-state index contributed by atoms with van der Waals surface area (Å²) in [5.74, 6) is 0.00389. The van der Waals surface area contributed by atoms with Crippen LogP contribution in [0.1, 0.15) is 23.6 Å². The highest BCUT2D eigenvalue weighted by molar-refractivity contribution is 5.91. The molecule has 1 aliphatic heterocycles. The molecule has 0 aliphatic carbocycles. The van der Waals surface area contributed by atoms with Crippen LogP contribution in [0.15, 0.2) is 84.9 Å². The van der Waals surface area contributed by atoms with Crippen molar-refractivity contribution in [1.82, 2.24) is 9.80 Å². The van der Waals surface area contributed by atoms with E-state index in [1.54, 1.807) is 0 Å². The van der Waals surface area contributed by atoms with E-state index in [-0.39, 0.29) is 25.2 Å². The van der Waals surface area contributed by atoms with E-state index in [0.29, 0.717) is 19.5 Å². The molecule has 1 saturated heterocycles. The molecule has 0 unspecified atom stereocenters. The second-order valence-corrected chi connectivity index (χ2v) is 9.38. The zero-order valence-corrected chi connectivity index (χ0v) is 21.4. The Morgan fingerprint density at radius 2 is 1.32 bits per heavy atom. The predicted octanol–water partition coefficient (Wildman–Crippen LogP) is 3.21. The van der Waals surface area contributed by atoms with Crippen LogP contribution in [-0.4, -0.2) is 84.9 Å². The molecule has 37 heavy (non-hydrogen) atoms. The lowest BCUT2D eigenvalue weighted by Gasteiger charge is -2.39. The molecular weight excluding hydrogens is 464 g/mol. The second-order valence-electron chi connectivity index (χ2n) is 9.38. The van der Waals surface area contributed by atoms with E-state index < -0.39 is 0 Å². The van der Waals surface area contributed by atoms with Crippen LogP contribution in [0.2, 0.25) is 0 Å². The Kier molecular flexibility index (Phi) is 10.1. The van der Waals surface area contributed by atoms with Crippen molar-refractivity contribution in [2.24, 2.45) is 0 Å². The maximum Gasteiger partial charge on any atom is 0.225 e. The van der Waals surface area contributed by atoms with Crippen molar-refractivity contribution >= 4 is 17.3 Å². The molecular formula is C30H38N4O3. The van der Waals surface area contributed by atoms with E-state index in [1.807, 2.05) is 29.2 Å². The summed E-state index contributed by atoms with van der Waals surface area (Å²) >= 11 is 0. The smallest absolute Gasteiger partial charge is 0.225 e. The second kappa shape index (κ2) is 13.9. The number of nitrogens with one attached hydrogen (secondary N) is 1. The third-order valence-electron chi connectivity index (χ3n) is 6.91. The van der Waals surface area contributed by atoms with E-state index in [4.69, 9.17) is 0 Å². The normalized spacial score (nSPS) is 14.6.